The molecule has 0 aliphatic carbocycles. The van der Waals surface area contributed by atoms with Crippen molar-refractivity contribution < 1.29 is 9.84 Å². The van der Waals surface area contributed by atoms with Crippen LogP contribution in [0, 0.1) is 5.92 Å². The van der Waals surface area contributed by atoms with Gasteiger partial charge in [0, 0.05) is 19.6 Å². The highest BCUT2D eigenvalue weighted by atomic mass is 16.5. The number of nitrogens with zero attached hydrogens (tertiary/aromatic N) is 2. The fraction of sp³-hybridized carbons (Fsp3) is 0.625. The first kappa shape index (κ1) is 15.3. The Morgan fingerprint density at radius 2 is 2.30 bits per heavy atom. The summed E-state index contributed by atoms with van der Waals surface area (Å²) in [5.74, 6) is 1.52. The van der Waals surface area contributed by atoms with Gasteiger partial charge in [-0.05, 0) is 50.7 Å². The molecule has 20 heavy (non-hydrogen) atoms. The lowest BCUT2D eigenvalue weighted by Crippen LogP contribution is -2.31. The Kier molecular flexibility index (Phi) is 5.40. The topological polar surface area (TPSA) is 35.9 Å². The average Bonchev–Trinajstić information content (AvgIpc) is 2.83. The van der Waals surface area contributed by atoms with E-state index in [4.69, 9.17) is 4.74 Å². The quantitative estimate of drug-likeness (QED) is 0.857. The molecule has 2 atom stereocenters. The molecule has 4 nitrogen and oxygen atoms in total. The van der Waals surface area contributed by atoms with Crippen LogP contribution in [0.15, 0.2) is 24.3 Å². The molecule has 1 N–H and O–H groups in total. The third-order valence-corrected chi connectivity index (χ3v) is 4.02. The highest BCUT2D eigenvalue weighted by molar-refractivity contribution is 5.29. The van der Waals surface area contributed by atoms with E-state index in [-0.39, 0.29) is 0 Å². The summed E-state index contributed by atoms with van der Waals surface area (Å²) >= 11 is 0. The minimum absolute atomic E-state index is 0.464. The molecule has 1 saturated heterocycles. The fourth-order valence-corrected chi connectivity index (χ4v) is 2.94. The fourth-order valence-electron chi connectivity index (χ4n) is 2.94. The van der Waals surface area contributed by atoms with Gasteiger partial charge in [-0.25, -0.2) is 0 Å². The summed E-state index contributed by atoms with van der Waals surface area (Å²) in [4.78, 5) is 4.60. The molecule has 0 radical (unpaired) electrons. The summed E-state index contributed by atoms with van der Waals surface area (Å²) in [7, 11) is 5.90. The Morgan fingerprint density at radius 3 is 2.95 bits per heavy atom. The Labute approximate surface area is 122 Å². The molecule has 0 saturated carbocycles. The predicted octanol–water partition coefficient (Wildman–Crippen LogP) is 1.61. The Bertz CT molecular complexity index is 425. The first-order valence-electron chi connectivity index (χ1n) is 7.27. The first-order chi connectivity index (χ1) is 9.58. The maximum absolute atomic E-state index is 10.3. The van der Waals surface area contributed by atoms with Crippen LogP contribution in [-0.4, -0.2) is 62.3 Å². The molecular formula is C16H26N2O2. The molecule has 1 aromatic carbocycles. The van der Waals surface area contributed by atoms with Crippen LogP contribution in [0.25, 0.3) is 0 Å². The van der Waals surface area contributed by atoms with E-state index in [0.29, 0.717) is 6.54 Å². The van der Waals surface area contributed by atoms with E-state index in [1.54, 1.807) is 7.11 Å². The van der Waals surface area contributed by atoms with E-state index in [2.05, 4.69) is 23.9 Å². The van der Waals surface area contributed by atoms with Gasteiger partial charge in [-0.2, -0.15) is 0 Å². The summed E-state index contributed by atoms with van der Waals surface area (Å²) < 4.78 is 5.20. The zero-order valence-electron chi connectivity index (χ0n) is 12.7. The summed E-state index contributed by atoms with van der Waals surface area (Å²) in [5.41, 5.74) is 0.916. The third-order valence-electron chi connectivity index (χ3n) is 4.02. The maximum atomic E-state index is 10.3. The van der Waals surface area contributed by atoms with Crippen LogP contribution in [0.1, 0.15) is 18.1 Å². The number of ether oxygens (including phenoxy) is 1. The van der Waals surface area contributed by atoms with Gasteiger partial charge in [-0.3, -0.25) is 0 Å². The summed E-state index contributed by atoms with van der Waals surface area (Å²) in [6, 6.07) is 7.67. The molecule has 0 spiro atoms. The number of likely N-dealkylation sites (N-methyl/N-ethyl adjacent to an activating group) is 1. The molecule has 1 aliphatic rings. The van der Waals surface area contributed by atoms with Crippen molar-refractivity contribution in [2.45, 2.75) is 12.5 Å². The number of aliphatic hydroxyl groups excluding tert-OH is 1. The van der Waals surface area contributed by atoms with Gasteiger partial charge in [0.05, 0.1) is 13.2 Å². The summed E-state index contributed by atoms with van der Waals surface area (Å²) in [6.07, 6.45) is 0.796. The van der Waals surface area contributed by atoms with Crippen LogP contribution in [-0.2, 0) is 0 Å². The highest BCUT2D eigenvalue weighted by Crippen LogP contribution is 2.21. The molecule has 1 heterocycles. The van der Waals surface area contributed by atoms with Gasteiger partial charge in [-0.15, -0.1) is 0 Å². The average molecular weight is 278 g/mol. The molecule has 1 aromatic rings. The van der Waals surface area contributed by atoms with Crippen molar-refractivity contribution in [3.8, 4) is 5.75 Å². The number of methoxy groups -OCH3 is 1. The van der Waals surface area contributed by atoms with Crippen LogP contribution < -0.4 is 4.74 Å². The molecule has 0 amide bonds. The van der Waals surface area contributed by atoms with Crippen molar-refractivity contribution in [3.63, 3.8) is 0 Å². The number of likely N-dealkylation sites (tertiary alicyclic amines) is 1. The van der Waals surface area contributed by atoms with Crippen LogP contribution in [0.2, 0.25) is 0 Å². The first-order valence-corrected chi connectivity index (χ1v) is 7.27. The second-order valence-corrected chi connectivity index (χ2v) is 5.93. The minimum atomic E-state index is -0.464. The van der Waals surface area contributed by atoms with Crippen LogP contribution in [0.3, 0.4) is 0 Å². The molecule has 4 heteroatoms. The third kappa shape index (κ3) is 4.20. The zero-order chi connectivity index (χ0) is 14.5. The summed E-state index contributed by atoms with van der Waals surface area (Å²) in [6.45, 7) is 4.06. The van der Waals surface area contributed by atoms with Crippen molar-refractivity contribution >= 4 is 0 Å². The van der Waals surface area contributed by atoms with Crippen molar-refractivity contribution in [2.75, 3.05) is 47.4 Å². The molecular weight excluding hydrogens is 252 g/mol. The largest absolute Gasteiger partial charge is 0.497 e. The molecule has 1 aliphatic heterocycles. The predicted molar refractivity (Wildman–Crippen MR) is 81.1 cm³/mol. The SMILES string of the molecule is COc1cccc(C(O)CN(C)CC2CCN(C)C2)c1. The highest BCUT2D eigenvalue weighted by Gasteiger charge is 2.21. The van der Waals surface area contributed by atoms with E-state index < -0.39 is 6.10 Å². The Morgan fingerprint density at radius 1 is 1.50 bits per heavy atom. The van der Waals surface area contributed by atoms with Crippen molar-refractivity contribution in [3.05, 3.63) is 29.8 Å². The van der Waals surface area contributed by atoms with E-state index >= 15 is 0 Å². The van der Waals surface area contributed by atoms with Gasteiger partial charge in [0.2, 0.25) is 0 Å². The number of hydrogen-bond donors (Lipinski definition) is 1. The standard InChI is InChI=1S/C16H26N2O2/c1-17-8-7-13(10-17)11-18(2)12-16(19)14-5-4-6-15(9-14)20-3/h4-6,9,13,16,19H,7-8,10-12H2,1-3H3. The summed E-state index contributed by atoms with van der Waals surface area (Å²) in [5, 5.41) is 10.3. The number of aliphatic hydroxyl groups is 1. The lowest BCUT2D eigenvalue weighted by Gasteiger charge is -2.24. The lowest BCUT2D eigenvalue weighted by atomic mass is 10.1. The smallest absolute Gasteiger partial charge is 0.119 e. The molecule has 0 bridgehead atoms. The Hall–Kier alpha value is -1.10. The molecule has 112 valence electrons. The van der Waals surface area contributed by atoms with Crippen LogP contribution in [0.5, 0.6) is 5.75 Å². The van der Waals surface area contributed by atoms with Gasteiger partial charge in [0.25, 0.3) is 0 Å². The second kappa shape index (κ2) is 7.07. The van der Waals surface area contributed by atoms with Crippen LogP contribution in [0.4, 0.5) is 0 Å². The lowest BCUT2D eigenvalue weighted by molar-refractivity contribution is 0.118. The van der Waals surface area contributed by atoms with E-state index in [0.717, 1.165) is 23.8 Å². The van der Waals surface area contributed by atoms with Gasteiger partial charge in [0.15, 0.2) is 0 Å². The second-order valence-electron chi connectivity index (χ2n) is 5.93. The van der Waals surface area contributed by atoms with E-state index in [1.165, 1.54) is 19.5 Å². The number of benzene rings is 1. The Balaban J connectivity index is 1.85. The number of hydrogen-bond acceptors (Lipinski definition) is 4. The van der Waals surface area contributed by atoms with Crippen molar-refractivity contribution in [1.29, 1.82) is 0 Å². The van der Waals surface area contributed by atoms with Crippen molar-refractivity contribution in [2.24, 2.45) is 5.92 Å². The molecule has 2 rings (SSSR count). The van der Waals surface area contributed by atoms with Crippen LogP contribution >= 0.6 is 0 Å². The van der Waals surface area contributed by atoms with Gasteiger partial charge >= 0.3 is 0 Å². The molecule has 1 fully saturated rings. The van der Waals surface area contributed by atoms with Gasteiger partial charge < -0.3 is 19.6 Å². The minimum Gasteiger partial charge on any atom is -0.497 e. The van der Waals surface area contributed by atoms with Gasteiger partial charge in [-0.1, -0.05) is 12.1 Å². The van der Waals surface area contributed by atoms with E-state index in [9.17, 15) is 5.11 Å². The normalized spacial score (nSPS) is 21.4. The monoisotopic (exact) mass is 278 g/mol. The number of rotatable bonds is 6. The molecule has 0 aromatic heterocycles. The molecule has 2 unspecified atom stereocenters. The van der Waals surface area contributed by atoms with E-state index in [1.807, 2.05) is 24.3 Å². The van der Waals surface area contributed by atoms with Gasteiger partial charge in [0.1, 0.15) is 5.75 Å². The maximum Gasteiger partial charge on any atom is 0.119 e. The van der Waals surface area contributed by atoms with Crippen molar-refractivity contribution in [1.82, 2.24) is 9.80 Å². The zero-order valence-corrected chi connectivity index (χ0v) is 12.7.